The fraction of sp³-hybridized carbons (Fsp3) is 0.867. The predicted octanol–water partition coefficient (Wildman–Crippen LogP) is 2.81. The number of piperidine rings is 2. The molecule has 2 aliphatic heterocycles. The van der Waals surface area contributed by atoms with Crippen LogP contribution in [0.2, 0.25) is 0 Å². The molecule has 0 aliphatic carbocycles. The highest BCUT2D eigenvalue weighted by Gasteiger charge is 2.27. The molecular weight excluding hydrogens is 282 g/mol. The molecule has 0 spiro atoms. The molecule has 0 unspecified atom stereocenters. The zero-order chi connectivity index (χ0) is 14.7. The average Bonchev–Trinajstić information content (AvgIpc) is 2.90. The second kappa shape index (κ2) is 6.92. The number of rotatable bonds is 4. The molecule has 0 amide bonds. The van der Waals surface area contributed by atoms with Gasteiger partial charge < -0.3 is 9.80 Å². The van der Waals surface area contributed by atoms with Crippen LogP contribution in [-0.4, -0.2) is 51.9 Å². The topological polar surface area (TPSA) is 40.1 Å². The Morgan fingerprint density at radius 3 is 2.52 bits per heavy atom. The molecule has 0 bridgehead atoms. The number of H-pyrrole nitrogens is 1. The minimum Gasteiger partial charge on any atom is -0.341 e. The van der Waals surface area contributed by atoms with E-state index in [1.165, 1.54) is 45.2 Å². The van der Waals surface area contributed by atoms with E-state index in [4.69, 9.17) is 12.2 Å². The lowest BCUT2D eigenvalue weighted by molar-refractivity contribution is 0.141. The van der Waals surface area contributed by atoms with Crippen molar-refractivity contribution in [1.29, 1.82) is 0 Å². The van der Waals surface area contributed by atoms with Crippen molar-refractivity contribution >= 4 is 18.2 Å². The summed E-state index contributed by atoms with van der Waals surface area (Å²) >= 11 is 5.34. The van der Waals surface area contributed by atoms with Gasteiger partial charge in [0.25, 0.3) is 0 Å². The summed E-state index contributed by atoms with van der Waals surface area (Å²) in [6.07, 6.45) is 7.79. The highest BCUT2D eigenvalue weighted by atomic mass is 32.1. The Kier molecular flexibility index (Phi) is 4.95. The van der Waals surface area contributed by atoms with Gasteiger partial charge in [-0.1, -0.05) is 13.3 Å². The van der Waals surface area contributed by atoms with Gasteiger partial charge in [0.15, 0.2) is 4.77 Å². The van der Waals surface area contributed by atoms with Crippen LogP contribution in [0.5, 0.6) is 0 Å². The first kappa shape index (κ1) is 15.0. The Balaban J connectivity index is 1.61. The van der Waals surface area contributed by atoms with Gasteiger partial charge in [0.1, 0.15) is 0 Å². The first-order chi connectivity index (χ1) is 10.3. The summed E-state index contributed by atoms with van der Waals surface area (Å²) in [6.45, 7) is 7.95. The van der Waals surface area contributed by atoms with Crippen molar-refractivity contribution < 1.29 is 0 Å². The number of hydrogen-bond acceptors (Lipinski definition) is 4. The molecule has 3 rings (SSSR count). The van der Waals surface area contributed by atoms with Crippen LogP contribution < -0.4 is 4.90 Å². The molecule has 2 aliphatic rings. The van der Waals surface area contributed by atoms with Crippen LogP contribution in [0.4, 0.5) is 5.95 Å². The number of anilines is 1. The fourth-order valence-electron chi connectivity index (χ4n) is 3.69. The first-order valence-corrected chi connectivity index (χ1v) is 8.84. The second-order valence-corrected chi connectivity index (χ2v) is 6.68. The van der Waals surface area contributed by atoms with Crippen molar-refractivity contribution in [2.45, 2.75) is 58.0 Å². The monoisotopic (exact) mass is 309 g/mol. The van der Waals surface area contributed by atoms with Gasteiger partial charge in [-0.05, 0) is 57.4 Å². The Labute approximate surface area is 132 Å². The third-order valence-corrected chi connectivity index (χ3v) is 5.15. The van der Waals surface area contributed by atoms with Gasteiger partial charge in [-0.25, -0.2) is 5.10 Å². The summed E-state index contributed by atoms with van der Waals surface area (Å²) in [5, 5.41) is 7.41. The van der Waals surface area contributed by atoms with Gasteiger partial charge in [-0.3, -0.25) is 4.57 Å². The summed E-state index contributed by atoms with van der Waals surface area (Å²) in [4.78, 5) is 5.12. The molecule has 2 fully saturated rings. The number of aromatic amines is 1. The maximum atomic E-state index is 5.34. The van der Waals surface area contributed by atoms with Crippen molar-refractivity contribution in [2.75, 3.05) is 31.1 Å². The molecule has 0 atom stereocenters. The van der Waals surface area contributed by atoms with E-state index in [9.17, 15) is 0 Å². The van der Waals surface area contributed by atoms with Gasteiger partial charge in [0.2, 0.25) is 5.95 Å². The zero-order valence-electron chi connectivity index (χ0n) is 13.1. The Hall–Kier alpha value is -0.880. The molecule has 1 N–H and O–H groups in total. The second-order valence-electron chi connectivity index (χ2n) is 6.30. The van der Waals surface area contributed by atoms with Crippen LogP contribution in [0.15, 0.2) is 0 Å². The number of hydrogen-bond donors (Lipinski definition) is 1. The van der Waals surface area contributed by atoms with Gasteiger partial charge in [-0.15, -0.1) is 5.10 Å². The SMILES string of the molecule is CCCn1c(N2CCC(N3CCCCC3)CC2)n[nH]c1=S. The van der Waals surface area contributed by atoms with Crippen molar-refractivity contribution in [2.24, 2.45) is 0 Å². The number of nitrogens with one attached hydrogen (secondary N) is 1. The van der Waals surface area contributed by atoms with Gasteiger partial charge in [0, 0.05) is 25.7 Å². The molecule has 0 saturated carbocycles. The number of nitrogens with zero attached hydrogens (tertiary/aromatic N) is 4. The maximum Gasteiger partial charge on any atom is 0.225 e. The van der Waals surface area contributed by atoms with Crippen LogP contribution in [0, 0.1) is 4.77 Å². The summed E-state index contributed by atoms with van der Waals surface area (Å²) in [5.74, 6) is 1.04. The van der Waals surface area contributed by atoms with Crippen LogP contribution in [0.1, 0.15) is 45.4 Å². The standard InChI is InChI=1S/C15H27N5S/c1-2-8-20-14(16-17-15(20)21)19-11-6-13(7-12-19)18-9-4-3-5-10-18/h13H,2-12H2,1H3,(H,17,21). The van der Waals surface area contributed by atoms with E-state index >= 15 is 0 Å². The molecule has 3 heterocycles. The highest BCUT2D eigenvalue weighted by molar-refractivity contribution is 7.71. The van der Waals surface area contributed by atoms with Crippen LogP contribution in [-0.2, 0) is 6.54 Å². The fourth-order valence-corrected chi connectivity index (χ4v) is 3.91. The molecule has 0 aromatic carbocycles. The third-order valence-electron chi connectivity index (χ3n) is 4.84. The van der Waals surface area contributed by atoms with Crippen molar-refractivity contribution in [3.63, 3.8) is 0 Å². The number of aromatic nitrogens is 3. The summed E-state index contributed by atoms with van der Waals surface area (Å²) in [7, 11) is 0. The normalized spacial score (nSPS) is 21.9. The molecular formula is C15H27N5S. The Morgan fingerprint density at radius 2 is 1.86 bits per heavy atom. The largest absolute Gasteiger partial charge is 0.341 e. The summed E-state index contributed by atoms with van der Waals surface area (Å²) in [6, 6.07) is 0.781. The van der Waals surface area contributed by atoms with E-state index in [0.29, 0.717) is 0 Å². The lowest BCUT2D eigenvalue weighted by Gasteiger charge is -2.40. The molecule has 0 radical (unpaired) electrons. The minimum atomic E-state index is 0.755. The van der Waals surface area contributed by atoms with Gasteiger partial charge >= 0.3 is 0 Å². The zero-order valence-corrected chi connectivity index (χ0v) is 13.9. The molecule has 118 valence electrons. The predicted molar refractivity (Wildman–Crippen MR) is 88.4 cm³/mol. The molecule has 21 heavy (non-hydrogen) atoms. The average molecular weight is 309 g/mol. The smallest absolute Gasteiger partial charge is 0.225 e. The van der Waals surface area contributed by atoms with Crippen molar-refractivity contribution in [3.8, 4) is 0 Å². The molecule has 6 heteroatoms. The third kappa shape index (κ3) is 3.31. The van der Waals surface area contributed by atoms with E-state index < -0.39 is 0 Å². The number of likely N-dealkylation sites (tertiary alicyclic amines) is 1. The minimum absolute atomic E-state index is 0.755. The lowest BCUT2D eigenvalue weighted by atomic mass is 10.0. The summed E-state index contributed by atoms with van der Waals surface area (Å²) < 4.78 is 2.90. The van der Waals surface area contributed by atoms with Crippen LogP contribution in [0.25, 0.3) is 0 Å². The van der Waals surface area contributed by atoms with E-state index in [1.54, 1.807) is 0 Å². The first-order valence-electron chi connectivity index (χ1n) is 8.44. The van der Waals surface area contributed by atoms with Crippen molar-refractivity contribution in [1.82, 2.24) is 19.7 Å². The van der Waals surface area contributed by atoms with E-state index in [2.05, 4.69) is 31.5 Å². The summed E-state index contributed by atoms with van der Waals surface area (Å²) in [5.41, 5.74) is 0. The van der Waals surface area contributed by atoms with E-state index in [-0.39, 0.29) is 0 Å². The highest BCUT2D eigenvalue weighted by Crippen LogP contribution is 2.23. The molecule has 2 saturated heterocycles. The molecule has 1 aromatic heterocycles. The van der Waals surface area contributed by atoms with Crippen LogP contribution in [0.3, 0.4) is 0 Å². The quantitative estimate of drug-likeness (QED) is 0.868. The Bertz CT molecular complexity index is 494. The lowest BCUT2D eigenvalue weighted by Crippen LogP contribution is -2.47. The van der Waals surface area contributed by atoms with E-state index in [0.717, 1.165) is 42.8 Å². The molecule has 5 nitrogen and oxygen atoms in total. The molecule has 1 aromatic rings. The Morgan fingerprint density at radius 1 is 1.14 bits per heavy atom. The van der Waals surface area contributed by atoms with Gasteiger partial charge in [0.05, 0.1) is 0 Å². The van der Waals surface area contributed by atoms with Crippen LogP contribution >= 0.6 is 12.2 Å². The van der Waals surface area contributed by atoms with Crippen molar-refractivity contribution in [3.05, 3.63) is 4.77 Å². The van der Waals surface area contributed by atoms with Gasteiger partial charge in [-0.2, -0.15) is 0 Å². The van der Waals surface area contributed by atoms with E-state index in [1.807, 2.05) is 0 Å². The maximum absolute atomic E-state index is 5.34.